The summed E-state index contributed by atoms with van der Waals surface area (Å²) in [4.78, 5) is 30.0. The van der Waals surface area contributed by atoms with Crippen LogP contribution in [0.15, 0.2) is 72.8 Å². The monoisotopic (exact) mass is 445 g/mol. The molecule has 32 heavy (non-hydrogen) atoms. The van der Waals surface area contributed by atoms with Crippen LogP contribution in [0.1, 0.15) is 38.5 Å². The summed E-state index contributed by atoms with van der Waals surface area (Å²) >= 11 is 5.95. The van der Waals surface area contributed by atoms with Gasteiger partial charge in [-0.05, 0) is 61.9 Å². The van der Waals surface area contributed by atoms with Gasteiger partial charge in [0.25, 0.3) is 5.91 Å². The molecule has 1 heterocycles. The zero-order valence-corrected chi connectivity index (χ0v) is 18.6. The van der Waals surface area contributed by atoms with E-state index < -0.39 is 0 Å². The van der Waals surface area contributed by atoms with E-state index in [1.54, 1.807) is 24.3 Å². The Balaban J connectivity index is 1.44. The average Bonchev–Trinajstić information content (AvgIpc) is 3.14. The predicted molar refractivity (Wildman–Crippen MR) is 127 cm³/mol. The SMILES string of the molecule is Cc1cccc(C(=O)NCCCc2nc3ccccc3n2CC(=O)c2ccc(Cl)cc2)c1. The van der Waals surface area contributed by atoms with E-state index in [1.807, 2.05) is 60.0 Å². The Bertz CT molecular complexity index is 1260. The van der Waals surface area contributed by atoms with Gasteiger partial charge in [-0.2, -0.15) is 0 Å². The molecule has 0 bridgehead atoms. The Morgan fingerprint density at radius 2 is 1.75 bits per heavy atom. The second-order valence-electron chi connectivity index (χ2n) is 7.76. The Hall–Kier alpha value is -3.44. The third-order valence-electron chi connectivity index (χ3n) is 5.34. The van der Waals surface area contributed by atoms with Crippen LogP contribution in [0.4, 0.5) is 0 Å². The molecular formula is C26H24ClN3O2. The van der Waals surface area contributed by atoms with Crippen molar-refractivity contribution in [1.82, 2.24) is 14.9 Å². The zero-order valence-electron chi connectivity index (χ0n) is 17.8. The summed E-state index contributed by atoms with van der Waals surface area (Å²) in [7, 11) is 0. The summed E-state index contributed by atoms with van der Waals surface area (Å²) in [6, 6.07) is 22.2. The quantitative estimate of drug-likeness (QED) is 0.298. The molecule has 0 unspecified atom stereocenters. The molecule has 0 radical (unpaired) electrons. The molecule has 0 aliphatic heterocycles. The van der Waals surface area contributed by atoms with Gasteiger partial charge in [-0.15, -0.1) is 0 Å². The van der Waals surface area contributed by atoms with Crippen LogP contribution in [-0.4, -0.2) is 27.8 Å². The van der Waals surface area contributed by atoms with Crippen molar-refractivity contribution in [3.05, 3.63) is 100 Å². The van der Waals surface area contributed by atoms with Crippen LogP contribution in [0.5, 0.6) is 0 Å². The smallest absolute Gasteiger partial charge is 0.251 e. The van der Waals surface area contributed by atoms with Crippen molar-refractivity contribution >= 4 is 34.3 Å². The highest BCUT2D eigenvalue weighted by Crippen LogP contribution is 2.19. The maximum Gasteiger partial charge on any atom is 0.251 e. The lowest BCUT2D eigenvalue weighted by molar-refractivity contribution is 0.0951. The number of para-hydroxylation sites is 2. The van der Waals surface area contributed by atoms with E-state index in [2.05, 4.69) is 5.32 Å². The Morgan fingerprint density at radius 1 is 0.969 bits per heavy atom. The average molecular weight is 446 g/mol. The topological polar surface area (TPSA) is 64.0 Å². The number of imidazole rings is 1. The molecule has 0 saturated carbocycles. The number of carbonyl (C=O) groups is 2. The van der Waals surface area contributed by atoms with Crippen LogP contribution in [0, 0.1) is 6.92 Å². The number of hydrogen-bond donors (Lipinski definition) is 1. The summed E-state index contributed by atoms with van der Waals surface area (Å²) in [6.07, 6.45) is 1.37. The molecule has 1 N–H and O–H groups in total. The predicted octanol–water partition coefficient (Wildman–Crippen LogP) is 5.24. The van der Waals surface area contributed by atoms with E-state index in [4.69, 9.17) is 16.6 Å². The van der Waals surface area contributed by atoms with Gasteiger partial charge >= 0.3 is 0 Å². The van der Waals surface area contributed by atoms with Crippen molar-refractivity contribution in [1.29, 1.82) is 0 Å². The van der Waals surface area contributed by atoms with Crippen molar-refractivity contribution in [2.24, 2.45) is 0 Å². The van der Waals surface area contributed by atoms with E-state index in [9.17, 15) is 9.59 Å². The fourth-order valence-corrected chi connectivity index (χ4v) is 3.83. The molecule has 0 saturated heterocycles. The number of rotatable bonds is 8. The number of ketones is 1. The van der Waals surface area contributed by atoms with Gasteiger partial charge in [0.05, 0.1) is 17.6 Å². The molecule has 162 valence electrons. The Kier molecular flexibility index (Phi) is 6.66. The number of hydrogen-bond acceptors (Lipinski definition) is 3. The normalized spacial score (nSPS) is 10.9. The first-order valence-electron chi connectivity index (χ1n) is 10.6. The highest BCUT2D eigenvalue weighted by atomic mass is 35.5. The van der Waals surface area contributed by atoms with Gasteiger partial charge in [-0.25, -0.2) is 4.98 Å². The lowest BCUT2D eigenvalue weighted by Gasteiger charge is -2.10. The minimum absolute atomic E-state index is 0.00109. The van der Waals surface area contributed by atoms with Crippen LogP contribution >= 0.6 is 11.6 Å². The molecule has 3 aromatic carbocycles. The fraction of sp³-hybridized carbons (Fsp3) is 0.192. The minimum Gasteiger partial charge on any atom is -0.352 e. The van der Waals surface area contributed by atoms with Gasteiger partial charge in [0.15, 0.2) is 5.78 Å². The van der Waals surface area contributed by atoms with Gasteiger partial charge in [0.2, 0.25) is 0 Å². The van der Waals surface area contributed by atoms with E-state index in [0.29, 0.717) is 29.1 Å². The van der Waals surface area contributed by atoms with Crippen molar-refractivity contribution in [2.75, 3.05) is 6.54 Å². The Labute approximate surface area is 192 Å². The fourth-order valence-electron chi connectivity index (χ4n) is 3.70. The number of nitrogens with zero attached hydrogens (tertiary/aromatic N) is 2. The van der Waals surface area contributed by atoms with Gasteiger partial charge in [0, 0.05) is 29.1 Å². The maximum absolute atomic E-state index is 12.9. The highest BCUT2D eigenvalue weighted by Gasteiger charge is 2.15. The van der Waals surface area contributed by atoms with Crippen LogP contribution in [0.3, 0.4) is 0 Å². The number of aromatic nitrogens is 2. The molecule has 6 heteroatoms. The molecular weight excluding hydrogens is 422 g/mol. The van der Waals surface area contributed by atoms with Crippen LogP contribution in [0.25, 0.3) is 11.0 Å². The van der Waals surface area contributed by atoms with Crippen LogP contribution in [-0.2, 0) is 13.0 Å². The number of Topliss-reactive ketones (excluding diaryl/α,β-unsaturated/α-hetero) is 1. The number of carbonyl (C=O) groups excluding carboxylic acids is 2. The van der Waals surface area contributed by atoms with Crippen LogP contribution < -0.4 is 5.32 Å². The maximum atomic E-state index is 12.9. The zero-order chi connectivity index (χ0) is 22.5. The minimum atomic E-state index is -0.0832. The van der Waals surface area contributed by atoms with Crippen molar-refractivity contribution < 1.29 is 9.59 Å². The second kappa shape index (κ2) is 9.79. The summed E-state index contributed by atoms with van der Waals surface area (Å²) < 4.78 is 1.97. The highest BCUT2D eigenvalue weighted by molar-refractivity contribution is 6.30. The molecule has 4 aromatic rings. The number of fused-ring (bicyclic) bond motifs is 1. The second-order valence-corrected chi connectivity index (χ2v) is 8.20. The largest absolute Gasteiger partial charge is 0.352 e. The lowest BCUT2D eigenvalue weighted by atomic mass is 10.1. The number of amides is 1. The molecule has 1 aromatic heterocycles. The summed E-state index contributed by atoms with van der Waals surface area (Å²) in [6.45, 7) is 2.70. The van der Waals surface area contributed by atoms with E-state index in [-0.39, 0.29) is 18.2 Å². The standard InChI is InChI=1S/C26H24ClN3O2/c1-18-6-4-7-20(16-18)26(32)28-15-5-10-25-29-22-8-2-3-9-23(22)30(25)17-24(31)19-11-13-21(27)14-12-19/h2-4,6-9,11-14,16H,5,10,15,17H2,1H3,(H,28,32). The first kappa shape index (κ1) is 21.8. The molecule has 4 rings (SSSR count). The third-order valence-corrected chi connectivity index (χ3v) is 5.60. The number of aryl methyl sites for hydroxylation is 2. The van der Waals surface area contributed by atoms with Gasteiger partial charge in [-0.1, -0.05) is 41.4 Å². The first-order chi connectivity index (χ1) is 15.5. The summed E-state index contributed by atoms with van der Waals surface area (Å²) in [5.74, 6) is 0.747. The van der Waals surface area contributed by atoms with Crippen LogP contribution in [0.2, 0.25) is 5.02 Å². The van der Waals surface area contributed by atoms with E-state index in [0.717, 1.165) is 28.8 Å². The summed E-state index contributed by atoms with van der Waals surface area (Å²) in [5.41, 5.74) is 4.11. The van der Waals surface area contributed by atoms with Gasteiger partial charge in [-0.3, -0.25) is 9.59 Å². The van der Waals surface area contributed by atoms with Crippen molar-refractivity contribution in [3.8, 4) is 0 Å². The molecule has 0 aliphatic carbocycles. The molecule has 5 nitrogen and oxygen atoms in total. The van der Waals surface area contributed by atoms with E-state index in [1.165, 1.54) is 0 Å². The molecule has 0 fully saturated rings. The molecule has 0 spiro atoms. The van der Waals surface area contributed by atoms with Crippen molar-refractivity contribution in [2.45, 2.75) is 26.3 Å². The molecule has 0 aliphatic rings. The number of benzene rings is 3. The molecule has 1 amide bonds. The van der Waals surface area contributed by atoms with Gasteiger partial charge < -0.3 is 9.88 Å². The Morgan fingerprint density at radius 3 is 2.53 bits per heavy atom. The third kappa shape index (κ3) is 5.06. The molecule has 0 atom stereocenters. The van der Waals surface area contributed by atoms with Gasteiger partial charge in [0.1, 0.15) is 5.82 Å². The first-order valence-corrected chi connectivity index (χ1v) is 11.0. The number of halogens is 1. The van der Waals surface area contributed by atoms with E-state index >= 15 is 0 Å². The lowest BCUT2D eigenvalue weighted by Crippen LogP contribution is -2.25. The van der Waals surface area contributed by atoms with Crippen molar-refractivity contribution in [3.63, 3.8) is 0 Å². The summed E-state index contributed by atoms with van der Waals surface area (Å²) in [5, 5.41) is 3.57. The number of nitrogens with one attached hydrogen (secondary N) is 1.